The molecule has 0 amide bonds. The number of rotatable bonds is 4. The Hall–Kier alpha value is -2.10. The summed E-state index contributed by atoms with van der Waals surface area (Å²) in [5, 5.41) is 9.68. The van der Waals surface area contributed by atoms with E-state index in [-0.39, 0.29) is 6.54 Å². The van der Waals surface area contributed by atoms with Crippen molar-refractivity contribution >= 4 is 23.2 Å². The van der Waals surface area contributed by atoms with Crippen molar-refractivity contribution in [3.63, 3.8) is 0 Å². The number of carbonyl (C=O) groups is 2. The molecule has 0 saturated carbocycles. The molecule has 0 aliphatic rings. The van der Waals surface area contributed by atoms with Crippen LogP contribution in [0.3, 0.4) is 0 Å². The molecule has 4 heteroatoms. The molecule has 1 aromatic heterocycles. The highest BCUT2D eigenvalue weighted by molar-refractivity contribution is 5.99. The zero-order valence-electron chi connectivity index (χ0n) is 9.51. The van der Waals surface area contributed by atoms with Crippen LogP contribution in [0.15, 0.2) is 24.4 Å². The van der Waals surface area contributed by atoms with Crippen LogP contribution in [0, 0.1) is 0 Å². The average molecular weight is 231 g/mol. The molecular formula is C13H13NO3. The minimum absolute atomic E-state index is 0.124. The zero-order chi connectivity index (χ0) is 12.4. The molecule has 0 radical (unpaired) electrons. The summed E-state index contributed by atoms with van der Waals surface area (Å²) >= 11 is 0. The third kappa shape index (κ3) is 1.93. The van der Waals surface area contributed by atoms with Gasteiger partial charge in [0.05, 0.1) is 5.52 Å². The summed E-state index contributed by atoms with van der Waals surface area (Å²) in [5.41, 5.74) is 2.44. The highest BCUT2D eigenvalue weighted by Crippen LogP contribution is 2.24. The number of para-hydroxylation sites is 1. The fourth-order valence-corrected chi connectivity index (χ4v) is 2.12. The zero-order valence-corrected chi connectivity index (χ0v) is 9.51. The highest BCUT2D eigenvalue weighted by Gasteiger charge is 2.12. The third-order valence-electron chi connectivity index (χ3n) is 2.83. The standard InChI is InChI=1S/C13H13NO3/c1-2-9-4-3-5-11-10(8-15)6-14(13(9)11)7-12(16)17/h3-6,8H,2,7H2,1H3,(H,16,17). The molecule has 0 bridgehead atoms. The topological polar surface area (TPSA) is 59.3 Å². The number of nitrogens with zero attached hydrogens (tertiary/aromatic N) is 1. The van der Waals surface area contributed by atoms with E-state index in [1.807, 2.05) is 25.1 Å². The SMILES string of the molecule is CCc1cccc2c(C=O)cn(CC(=O)O)c12. The van der Waals surface area contributed by atoms with Crippen LogP contribution in [0.1, 0.15) is 22.8 Å². The van der Waals surface area contributed by atoms with Gasteiger partial charge in [-0.05, 0) is 12.0 Å². The lowest BCUT2D eigenvalue weighted by atomic mass is 10.1. The van der Waals surface area contributed by atoms with Crippen LogP contribution < -0.4 is 0 Å². The molecule has 0 fully saturated rings. The van der Waals surface area contributed by atoms with Crippen LogP contribution in [-0.4, -0.2) is 21.9 Å². The smallest absolute Gasteiger partial charge is 0.323 e. The maximum atomic E-state index is 11.0. The Morgan fingerprint density at radius 3 is 2.82 bits per heavy atom. The summed E-state index contributed by atoms with van der Waals surface area (Å²) < 4.78 is 1.63. The molecule has 0 atom stereocenters. The molecule has 0 spiro atoms. The van der Waals surface area contributed by atoms with Gasteiger partial charge in [0.2, 0.25) is 0 Å². The van der Waals surface area contributed by atoms with Crippen molar-refractivity contribution in [1.29, 1.82) is 0 Å². The van der Waals surface area contributed by atoms with Gasteiger partial charge in [0.15, 0.2) is 6.29 Å². The van der Waals surface area contributed by atoms with Crippen molar-refractivity contribution in [2.24, 2.45) is 0 Å². The van der Waals surface area contributed by atoms with E-state index in [9.17, 15) is 9.59 Å². The Morgan fingerprint density at radius 1 is 1.47 bits per heavy atom. The van der Waals surface area contributed by atoms with Crippen LogP contribution >= 0.6 is 0 Å². The second kappa shape index (κ2) is 4.41. The van der Waals surface area contributed by atoms with E-state index < -0.39 is 5.97 Å². The van der Waals surface area contributed by atoms with Crippen LogP contribution in [0.2, 0.25) is 0 Å². The first kappa shape index (κ1) is 11.4. The summed E-state index contributed by atoms with van der Waals surface area (Å²) in [6, 6.07) is 5.69. The number of aromatic nitrogens is 1. The first-order valence-corrected chi connectivity index (χ1v) is 5.45. The van der Waals surface area contributed by atoms with Gasteiger partial charge in [-0.15, -0.1) is 0 Å². The van der Waals surface area contributed by atoms with Gasteiger partial charge >= 0.3 is 5.97 Å². The quantitative estimate of drug-likeness (QED) is 0.820. The Balaban J connectivity index is 2.73. The summed E-state index contributed by atoms with van der Waals surface area (Å²) in [7, 11) is 0. The second-order valence-corrected chi connectivity index (χ2v) is 3.89. The normalized spacial score (nSPS) is 10.6. The molecule has 0 unspecified atom stereocenters. The molecule has 17 heavy (non-hydrogen) atoms. The van der Waals surface area contributed by atoms with E-state index >= 15 is 0 Å². The predicted molar refractivity (Wildman–Crippen MR) is 64.3 cm³/mol. The number of aryl methyl sites for hydroxylation is 1. The van der Waals surface area contributed by atoms with Crippen molar-refractivity contribution in [3.8, 4) is 0 Å². The van der Waals surface area contributed by atoms with E-state index in [1.165, 1.54) is 0 Å². The molecule has 0 aliphatic carbocycles. The van der Waals surface area contributed by atoms with E-state index in [0.717, 1.165) is 29.2 Å². The maximum absolute atomic E-state index is 11.0. The van der Waals surface area contributed by atoms with Gasteiger partial charge in [0, 0.05) is 17.1 Å². The van der Waals surface area contributed by atoms with E-state index in [2.05, 4.69) is 0 Å². The van der Waals surface area contributed by atoms with Crippen LogP contribution in [0.5, 0.6) is 0 Å². The molecule has 4 nitrogen and oxygen atoms in total. The monoisotopic (exact) mass is 231 g/mol. The fraction of sp³-hybridized carbons (Fsp3) is 0.231. The number of carbonyl (C=O) groups excluding carboxylic acids is 1. The van der Waals surface area contributed by atoms with Gasteiger partial charge < -0.3 is 9.67 Å². The van der Waals surface area contributed by atoms with Crippen molar-refractivity contribution < 1.29 is 14.7 Å². The van der Waals surface area contributed by atoms with Crippen molar-refractivity contribution in [3.05, 3.63) is 35.5 Å². The van der Waals surface area contributed by atoms with Crippen LogP contribution in [-0.2, 0) is 17.8 Å². The number of hydrogen-bond acceptors (Lipinski definition) is 2. The number of aliphatic carboxylic acids is 1. The molecule has 0 aliphatic heterocycles. The molecule has 1 aromatic carbocycles. The maximum Gasteiger partial charge on any atom is 0.323 e. The molecule has 88 valence electrons. The highest BCUT2D eigenvalue weighted by atomic mass is 16.4. The summed E-state index contributed by atoms with van der Waals surface area (Å²) in [6.45, 7) is 1.88. The Kier molecular flexibility index (Phi) is 2.95. The fourth-order valence-electron chi connectivity index (χ4n) is 2.12. The number of carboxylic acid groups (broad SMARTS) is 1. The number of carboxylic acids is 1. The van der Waals surface area contributed by atoms with Crippen molar-refractivity contribution in [1.82, 2.24) is 4.57 Å². The molecule has 1 heterocycles. The first-order chi connectivity index (χ1) is 8.17. The molecule has 2 aromatic rings. The molecule has 2 rings (SSSR count). The average Bonchev–Trinajstić information content (AvgIpc) is 2.66. The first-order valence-electron chi connectivity index (χ1n) is 5.45. The van der Waals surface area contributed by atoms with Crippen LogP contribution in [0.4, 0.5) is 0 Å². The lowest BCUT2D eigenvalue weighted by Crippen LogP contribution is -2.08. The van der Waals surface area contributed by atoms with E-state index in [1.54, 1.807) is 10.8 Å². The Labute approximate surface area is 98.5 Å². The van der Waals surface area contributed by atoms with E-state index in [4.69, 9.17) is 5.11 Å². The lowest BCUT2D eigenvalue weighted by molar-refractivity contribution is -0.137. The van der Waals surface area contributed by atoms with Gasteiger partial charge in [-0.25, -0.2) is 0 Å². The van der Waals surface area contributed by atoms with Gasteiger partial charge in [-0.2, -0.15) is 0 Å². The summed E-state index contributed by atoms with van der Waals surface area (Å²) in [4.78, 5) is 21.8. The minimum Gasteiger partial charge on any atom is -0.480 e. The molecular weight excluding hydrogens is 218 g/mol. The summed E-state index contributed by atoms with van der Waals surface area (Å²) in [6.07, 6.45) is 3.17. The molecule has 0 saturated heterocycles. The largest absolute Gasteiger partial charge is 0.480 e. The van der Waals surface area contributed by atoms with Gasteiger partial charge in [-0.1, -0.05) is 25.1 Å². The lowest BCUT2D eigenvalue weighted by Gasteiger charge is -2.05. The minimum atomic E-state index is -0.912. The van der Waals surface area contributed by atoms with Gasteiger partial charge in [0.25, 0.3) is 0 Å². The third-order valence-corrected chi connectivity index (χ3v) is 2.83. The Morgan fingerprint density at radius 2 is 2.24 bits per heavy atom. The van der Waals surface area contributed by atoms with E-state index in [0.29, 0.717) is 5.56 Å². The van der Waals surface area contributed by atoms with Crippen molar-refractivity contribution in [2.75, 3.05) is 0 Å². The molecule has 1 N–H and O–H groups in total. The number of benzene rings is 1. The second-order valence-electron chi connectivity index (χ2n) is 3.89. The number of aldehydes is 1. The number of fused-ring (bicyclic) bond motifs is 1. The number of hydrogen-bond donors (Lipinski definition) is 1. The van der Waals surface area contributed by atoms with Gasteiger partial charge in [-0.3, -0.25) is 9.59 Å². The Bertz CT molecular complexity index is 584. The predicted octanol–water partition coefficient (Wildman–Crippen LogP) is 2.10. The van der Waals surface area contributed by atoms with Crippen molar-refractivity contribution in [2.45, 2.75) is 19.9 Å². The van der Waals surface area contributed by atoms with Crippen LogP contribution in [0.25, 0.3) is 10.9 Å². The van der Waals surface area contributed by atoms with Gasteiger partial charge in [0.1, 0.15) is 6.54 Å². The summed E-state index contributed by atoms with van der Waals surface area (Å²) in [5.74, 6) is -0.912.